The van der Waals surface area contributed by atoms with E-state index in [1.807, 2.05) is 4.90 Å². The molecule has 1 aliphatic rings. The minimum absolute atomic E-state index is 0.00338. The average molecular weight is 407 g/mol. The van der Waals surface area contributed by atoms with Crippen LogP contribution in [-0.2, 0) is 9.47 Å². The molecule has 0 spiro atoms. The summed E-state index contributed by atoms with van der Waals surface area (Å²) in [5.41, 5.74) is 0.577. The standard InChI is InChI=1S/C19H19ClN2O6/c20-14-2-1-3-16(12-14)27-10-11-28-19(23)17-13-15(22(24)25)4-5-18(17)21-6-8-26-9-7-21/h1-5,12-13H,6-11H2. The fraction of sp³-hybridized carbons (Fsp3) is 0.316. The second-order valence-electron chi connectivity index (χ2n) is 6.00. The largest absolute Gasteiger partial charge is 0.490 e. The van der Waals surface area contributed by atoms with Crippen molar-refractivity contribution in [3.05, 3.63) is 63.2 Å². The highest BCUT2D eigenvalue weighted by Gasteiger charge is 2.23. The average Bonchev–Trinajstić information content (AvgIpc) is 2.71. The normalized spacial score (nSPS) is 13.8. The lowest BCUT2D eigenvalue weighted by Crippen LogP contribution is -2.37. The van der Waals surface area contributed by atoms with Gasteiger partial charge in [-0.15, -0.1) is 0 Å². The van der Waals surface area contributed by atoms with E-state index in [9.17, 15) is 14.9 Å². The number of hydrogen-bond donors (Lipinski definition) is 0. The number of benzene rings is 2. The van der Waals surface area contributed by atoms with E-state index in [-0.39, 0.29) is 24.5 Å². The summed E-state index contributed by atoms with van der Waals surface area (Å²) in [6.45, 7) is 2.37. The maximum absolute atomic E-state index is 12.6. The minimum Gasteiger partial charge on any atom is -0.490 e. The number of nitro benzene ring substituents is 1. The van der Waals surface area contributed by atoms with E-state index >= 15 is 0 Å². The predicted octanol–water partition coefficient (Wildman–Crippen LogP) is 3.32. The molecule has 1 fully saturated rings. The highest BCUT2D eigenvalue weighted by Crippen LogP contribution is 2.27. The summed E-state index contributed by atoms with van der Waals surface area (Å²) in [4.78, 5) is 25.1. The molecule has 0 amide bonds. The van der Waals surface area contributed by atoms with Crippen LogP contribution < -0.4 is 9.64 Å². The van der Waals surface area contributed by atoms with Gasteiger partial charge in [-0.2, -0.15) is 0 Å². The second kappa shape index (κ2) is 9.38. The van der Waals surface area contributed by atoms with Gasteiger partial charge >= 0.3 is 5.97 Å². The number of anilines is 1. The van der Waals surface area contributed by atoms with Crippen LogP contribution in [0.2, 0.25) is 5.02 Å². The Morgan fingerprint density at radius 3 is 2.68 bits per heavy atom. The number of halogens is 1. The molecule has 0 saturated carbocycles. The van der Waals surface area contributed by atoms with Gasteiger partial charge in [0.25, 0.3) is 5.69 Å². The van der Waals surface area contributed by atoms with Crippen molar-refractivity contribution >= 4 is 28.9 Å². The predicted molar refractivity (Wildman–Crippen MR) is 103 cm³/mol. The molecule has 0 unspecified atom stereocenters. The molecule has 0 radical (unpaired) electrons. The lowest BCUT2D eigenvalue weighted by molar-refractivity contribution is -0.384. The topological polar surface area (TPSA) is 91.1 Å². The number of esters is 1. The Balaban J connectivity index is 1.66. The van der Waals surface area contributed by atoms with Crippen molar-refractivity contribution in [2.45, 2.75) is 0 Å². The first-order valence-corrected chi connectivity index (χ1v) is 9.09. The van der Waals surface area contributed by atoms with Crippen molar-refractivity contribution in [1.29, 1.82) is 0 Å². The summed E-state index contributed by atoms with van der Waals surface area (Å²) in [6.07, 6.45) is 0. The number of nitro groups is 1. The lowest BCUT2D eigenvalue weighted by Gasteiger charge is -2.30. The molecule has 8 nitrogen and oxygen atoms in total. The van der Waals surface area contributed by atoms with Crippen LogP contribution in [0.25, 0.3) is 0 Å². The van der Waals surface area contributed by atoms with Crippen molar-refractivity contribution in [2.75, 3.05) is 44.4 Å². The molecule has 1 aliphatic heterocycles. The number of hydrogen-bond acceptors (Lipinski definition) is 7. The molecule has 3 rings (SSSR count). The van der Waals surface area contributed by atoms with Crippen molar-refractivity contribution < 1.29 is 23.9 Å². The van der Waals surface area contributed by atoms with Crippen LogP contribution >= 0.6 is 11.6 Å². The van der Waals surface area contributed by atoms with Gasteiger partial charge in [0, 0.05) is 30.2 Å². The van der Waals surface area contributed by atoms with E-state index in [1.54, 1.807) is 30.3 Å². The summed E-state index contributed by atoms with van der Waals surface area (Å²) in [6, 6.07) is 11.1. The van der Waals surface area contributed by atoms with Gasteiger partial charge in [0.05, 0.1) is 29.4 Å². The van der Waals surface area contributed by atoms with Gasteiger partial charge in [-0.1, -0.05) is 17.7 Å². The highest BCUT2D eigenvalue weighted by atomic mass is 35.5. The summed E-state index contributed by atoms with van der Waals surface area (Å²) in [5.74, 6) is -0.0761. The minimum atomic E-state index is -0.639. The highest BCUT2D eigenvalue weighted by molar-refractivity contribution is 6.30. The van der Waals surface area contributed by atoms with Crippen LogP contribution in [-0.4, -0.2) is 50.4 Å². The van der Waals surface area contributed by atoms with Gasteiger partial charge in [0.2, 0.25) is 0 Å². The Morgan fingerprint density at radius 2 is 1.96 bits per heavy atom. The van der Waals surface area contributed by atoms with Crippen molar-refractivity contribution in [3.8, 4) is 5.75 Å². The first kappa shape index (κ1) is 19.9. The Morgan fingerprint density at radius 1 is 1.18 bits per heavy atom. The van der Waals surface area contributed by atoms with Gasteiger partial charge < -0.3 is 19.1 Å². The molecular weight excluding hydrogens is 388 g/mol. The first-order chi connectivity index (χ1) is 13.5. The Bertz CT molecular complexity index is 854. The number of rotatable bonds is 7. The fourth-order valence-corrected chi connectivity index (χ4v) is 2.99. The molecule has 0 atom stereocenters. The monoisotopic (exact) mass is 406 g/mol. The molecule has 0 N–H and O–H groups in total. The third kappa shape index (κ3) is 5.11. The van der Waals surface area contributed by atoms with Gasteiger partial charge in [-0.25, -0.2) is 4.79 Å². The molecule has 2 aromatic carbocycles. The molecule has 2 aromatic rings. The van der Waals surface area contributed by atoms with Gasteiger partial charge in [0.1, 0.15) is 19.0 Å². The van der Waals surface area contributed by atoms with Crippen LogP contribution in [0.3, 0.4) is 0 Å². The SMILES string of the molecule is O=C(OCCOc1cccc(Cl)c1)c1cc([N+](=O)[O-])ccc1N1CCOCC1. The first-order valence-electron chi connectivity index (χ1n) is 8.71. The number of carbonyl (C=O) groups is 1. The van der Waals surface area contributed by atoms with Gasteiger partial charge in [-0.05, 0) is 24.3 Å². The number of nitrogens with zero attached hydrogens (tertiary/aromatic N) is 2. The van der Waals surface area contributed by atoms with Crippen molar-refractivity contribution in [2.24, 2.45) is 0 Å². The zero-order chi connectivity index (χ0) is 19.9. The summed E-state index contributed by atoms with van der Waals surface area (Å²) in [5, 5.41) is 11.6. The Hall–Kier alpha value is -2.84. The molecule has 0 bridgehead atoms. The Labute approximate surface area is 166 Å². The summed E-state index contributed by atoms with van der Waals surface area (Å²) >= 11 is 5.89. The number of morpholine rings is 1. The molecular formula is C19H19ClN2O6. The number of ether oxygens (including phenoxy) is 3. The van der Waals surface area contributed by atoms with Crippen LogP contribution in [0.5, 0.6) is 5.75 Å². The summed E-state index contributed by atoms with van der Waals surface area (Å²) < 4.78 is 16.1. The van der Waals surface area contributed by atoms with E-state index in [4.69, 9.17) is 25.8 Å². The van der Waals surface area contributed by atoms with Crippen LogP contribution in [0, 0.1) is 10.1 Å². The zero-order valence-corrected chi connectivity index (χ0v) is 15.8. The van der Waals surface area contributed by atoms with Gasteiger partial charge in [0.15, 0.2) is 0 Å². The van der Waals surface area contributed by atoms with Crippen LogP contribution in [0.1, 0.15) is 10.4 Å². The molecule has 9 heteroatoms. The van der Waals surface area contributed by atoms with Gasteiger partial charge in [-0.3, -0.25) is 10.1 Å². The molecule has 148 valence electrons. The third-order valence-electron chi connectivity index (χ3n) is 4.14. The van der Waals surface area contributed by atoms with Crippen molar-refractivity contribution in [3.63, 3.8) is 0 Å². The molecule has 0 aliphatic carbocycles. The molecule has 28 heavy (non-hydrogen) atoms. The fourth-order valence-electron chi connectivity index (χ4n) is 2.81. The van der Waals surface area contributed by atoms with E-state index in [0.29, 0.717) is 42.8 Å². The van der Waals surface area contributed by atoms with E-state index in [2.05, 4.69) is 0 Å². The van der Waals surface area contributed by atoms with Crippen molar-refractivity contribution in [1.82, 2.24) is 0 Å². The van der Waals surface area contributed by atoms with Crippen LogP contribution in [0.4, 0.5) is 11.4 Å². The number of non-ortho nitro benzene ring substituents is 1. The maximum Gasteiger partial charge on any atom is 0.340 e. The molecule has 1 heterocycles. The second-order valence-corrected chi connectivity index (χ2v) is 6.44. The zero-order valence-electron chi connectivity index (χ0n) is 15.0. The molecule has 0 aromatic heterocycles. The maximum atomic E-state index is 12.6. The number of carbonyl (C=O) groups excluding carboxylic acids is 1. The van der Waals surface area contributed by atoms with Crippen LogP contribution in [0.15, 0.2) is 42.5 Å². The summed E-state index contributed by atoms with van der Waals surface area (Å²) in [7, 11) is 0. The molecule has 1 saturated heterocycles. The quantitative estimate of drug-likeness (QED) is 0.301. The Kier molecular flexibility index (Phi) is 6.67. The van der Waals surface area contributed by atoms with E-state index < -0.39 is 10.9 Å². The van der Waals surface area contributed by atoms with E-state index in [1.165, 1.54) is 12.1 Å². The van der Waals surface area contributed by atoms with E-state index in [0.717, 1.165) is 0 Å². The third-order valence-corrected chi connectivity index (χ3v) is 4.38. The lowest BCUT2D eigenvalue weighted by atomic mass is 10.1. The smallest absolute Gasteiger partial charge is 0.340 e.